The van der Waals surface area contributed by atoms with Crippen LogP contribution in [0, 0.1) is 0 Å². The Hall–Kier alpha value is -0.120. The van der Waals surface area contributed by atoms with Crippen molar-refractivity contribution < 1.29 is 14.5 Å². The number of ether oxygens (including phenoxy) is 1. The molecule has 3 nitrogen and oxygen atoms in total. The molecule has 3 heteroatoms. The minimum absolute atomic E-state index is 0.184. The van der Waals surface area contributed by atoms with E-state index in [1.165, 1.54) is 0 Å². The molecule has 1 fully saturated rings. The van der Waals surface area contributed by atoms with E-state index in [2.05, 4.69) is 4.89 Å². The van der Waals surface area contributed by atoms with Crippen LogP contribution in [0.2, 0.25) is 0 Å². The Labute approximate surface area is 54.8 Å². The van der Waals surface area contributed by atoms with Crippen LogP contribution in [0.1, 0.15) is 20.3 Å². The van der Waals surface area contributed by atoms with Gasteiger partial charge in [0.25, 0.3) is 0 Å². The summed E-state index contributed by atoms with van der Waals surface area (Å²) in [6.07, 6.45) is 0.882. The maximum Gasteiger partial charge on any atom is 0.180 e. The summed E-state index contributed by atoms with van der Waals surface area (Å²) in [5.41, 5.74) is -0.184. The zero-order valence-corrected chi connectivity index (χ0v) is 5.85. The van der Waals surface area contributed by atoms with E-state index in [0.717, 1.165) is 6.42 Å². The van der Waals surface area contributed by atoms with Crippen LogP contribution in [0.4, 0.5) is 0 Å². The maximum atomic E-state index is 4.98. The lowest BCUT2D eigenvalue weighted by Gasteiger charge is -2.18. The molecule has 0 aromatic rings. The Balaban J connectivity index is 2.36. The van der Waals surface area contributed by atoms with Gasteiger partial charge < -0.3 is 4.74 Å². The van der Waals surface area contributed by atoms with Gasteiger partial charge in [-0.3, -0.25) is 0 Å². The standard InChI is InChI=1S/C6H12O3/c1-6(2)3-4-7-5-8-9-6/h3-5H2,1-2H3. The van der Waals surface area contributed by atoms with E-state index in [9.17, 15) is 0 Å². The molecule has 0 N–H and O–H groups in total. The molecule has 0 aromatic heterocycles. The SMILES string of the molecule is CC1(C)CCOCOO1. The Kier molecular flexibility index (Phi) is 2.05. The molecule has 0 atom stereocenters. The number of hydrogen-bond acceptors (Lipinski definition) is 3. The summed E-state index contributed by atoms with van der Waals surface area (Å²) in [7, 11) is 0. The third-order valence-electron chi connectivity index (χ3n) is 1.26. The molecule has 0 unspecified atom stereocenters. The topological polar surface area (TPSA) is 27.7 Å². The summed E-state index contributed by atoms with van der Waals surface area (Å²) in [5, 5.41) is 0. The summed E-state index contributed by atoms with van der Waals surface area (Å²) < 4.78 is 4.98. The highest BCUT2D eigenvalue weighted by Gasteiger charge is 2.21. The third kappa shape index (κ3) is 2.30. The second-order valence-electron chi connectivity index (χ2n) is 2.74. The van der Waals surface area contributed by atoms with Gasteiger partial charge in [-0.05, 0) is 13.8 Å². The monoisotopic (exact) mass is 132 g/mol. The van der Waals surface area contributed by atoms with Gasteiger partial charge in [0.15, 0.2) is 6.79 Å². The predicted molar refractivity (Wildman–Crippen MR) is 31.7 cm³/mol. The number of rotatable bonds is 0. The largest absolute Gasteiger partial charge is 0.352 e. The molecular weight excluding hydrogens is 120 g/mol. The molecule has 0 radical (unpaired) electrons. The van der Waals surface area contributed by atoms with E-state index < -0.39 is 0 Å². The molecule has 1 aliphatic rings. The van der Waals surface area contributed by atoms with Crippen LogP contribution < -0.4 is 0 Å². The van der Waals surface area contributed by atoms with Crippen molar-refractivity contribution in [3.05, 3.63) is 0 Å². The molecule has 0 bridgehead atoms. The van der Waals surface area contributed by atoms with E-state index in [0.29, 0.717) is 6.61 Å². The predicted octanol–water partition coefficient (Wildman–Crippen LogP) is 1.09. The van der Waals surface area contributed by atoms with Crippen molar-refractivity contribution in [3.63, 3.8) is 0 Å². The van der Waals surface area contributed by atoms with Gasteiger partial charge in [0.2, 0.25) is 0 Å². The van der Waals surface area contributed by atoms with Gasteiger partial charge in [0, 0.05) is 6.42 Å². The van der Waals surface area contributed by atoms with E-state index in [1.807, 2.05) is 13.8 Å². The van der Waals surface area contributed by atoms with Crippen LogP contribution in [-0.4, -0.2) is 19.0 Å². The van der Waals surface area contributed by atoms with Gasteiger partial charge in [0.1, 0.15) is 5.60 Å². The van der Waals surface area contributed by atoms with Crippen molar-refractivity contribution in [2.75, 3.05) is 13.4 Å². The van der Waals surface area contributed by atoms with Crippen molar-refractivity contribution in [1.82, 2.24) is 0 Å². The van der Waals surface area contributed by atoms with E-state index in [-0.39, 0.29) is 12.4 Å². The van der Waals surface area contributed by atoms with Gasteiger partial charge >= 0.3 is 0 Å². The lowest BCUT2D eigenvalue weighted by Crippen LogP contribution is -2.23. The highest BCUT2D eigenvalue weighted by atomic mass is 17.2. The van der Waals surface area contributed by atoms with Crippen molar-refractivity contribution in [2.45, 2.75) is 25.9 Å². The second kappa shape index (κ2) is 2.64. The van der Waals surface area contributed by atoms with Crippen LogP contribution in [0.3, 0.4) is 0 Å². The smallest absolute Gasteiger partial charge is 0.180 e. The first-order valence-electron chi connectivity index (χ1n) is 3.09. The maximum absolute atomic E-state index is 4.98. The van der Waals surface area contributed by atoms with E-state index in [1.54, 1.807) is 0 Å². The van der Waals surface area contributed by atoms with Gasteiger partial charge in [0.05, 0.1) is 6.61 Å². The van der Waals surface area contributed by atoms with Crippen molar-refractivity contribution >= 4 is 0 Å². The fourth-order valence-electron chi connectivity index (χ4n) is 0.636. The van der Waals surface area contributed by atoms with Crippen LogP contribution >= 0.6 is 0 Å². The molecule has 0 spiro atoms. The van der Waals surface area contributed by atoms with Gasteiger partial charge in [-0.2, -0.15) is 0 Å². The average Bonchev–Trinajstić information content (AvgIpc) is 1.92. The van der Waals surface area contributed by atoms with Crippen LogP contribution in [0.5, 0.6) is 0 Å². The summed E-state index contributed by atoms with van der Waals surface area (Å²) in [5.74, 6) is 0. The fraction of sp³-hybridized carbons (Fsp3) is 1.00. The summed E-state index contributed by atoms with van der Waals surface area (Å²) in [6.45, 7) is 4.92. The highest BCUT2D eigenvalue weighted by molar-refractivity contribution is 4.65. The minimum Gasteiger partial charge on any atom is -0.352 e. The van der Waals surface area contributed by atoms with Crippen LogP contribution in [-0.2, 0) is 14.5 Å². The van der Waals surface area contributed by atoms with Gasteiger partial charge in [-0.25, -0.2) is 9.78 Å². The Morgan fingerprint density at radius 2 is 2.11 bits per heavy atom. The van der Waals surface area contributed by atoms with Crippen molar-refractivity contribution in [1.29, 1.82) is 0 Å². The van der Waals surface area contributed by atoms with Crippen molar-refractivity contribution in [3.8, 4) is 0 Å². The molecule has 54 valence electrons. The first-order chi connectivity index (χ1) is 4.21. The molecule has 0 aliphatic carbocycles. The Morgan fingerprint density at radius 1 is 1.33 bits per heavy atom. The molecule has 1 aliphatic heterocycles. The molecule has 9 heavy (non-hydrogen) atoms. The van der Waals surface area contributed by atoms with Gasteiger partial charge in [-0.15, -0.1) is 0 Å². The van der Waals surface area contributed by atoms with Crippen LogP contribution in [0.25, 0.3) is 0 Å². The lowest BCUT2D eigenvalue weighted by atomic mass is 10.1. The molecule has 0 aromatic carbocycles. The lowest BCUT2D eigenvalue weighted by molar-refractivity contribution is -0.367. The van der Waals surface area contributed by atoms with Crippen LogP contribution in [0.15, 0.2) is 0 Å². The zero-order valence-electron chi connectivity index (χ0n) is 5.85. The summed E-state index contributed by atoms with van der Waals surface area (Å²) in [4.78, 5) is 9.65. The molecular formula is C6H12O3. The van der Waals surface area contributed by atoms with Crippen molar-refractivity contribution in [2.24, 2.45) is 0 Å². The minimum atomic E-state index is -0.184. The van der Waals surface area contributed by atoms with E-state index in [4.69, 9.17) is 9.62 Å². The Morgan fingerprint density at radius 3 is 2.89 bits per heavy atom. The normalized spacial score (nSPS) is 27.3. The second-order valence-corrected chi connectivity index (χ2v) is 2.74. The summed E-state index contributed by atoms with van der Waals surface area (Å²) in [6, 6.07) is 0. The molecule has 1 rings (SSSR count). The van der Waals surface area contributed by atoms with E-state index >= 15 is 0 Å². The zero-order chi connectivity index (χ0) is 6.74. The molecule has 1 saturated heterocycles. The first kappa shape index (κ1) is 6.99. The highest BCUT2D eigenvalue weighted by Crippen LogP contribution is 2.16. The molecule has 0 amide bonds. The fourth-order valence-corrected chi connectivity index (χ4v) is 0.636. The third-order valence-corrected chi connectivity index (χ3v) is 1.26. The summed E-state index contributed by atoms with van der Waals surface area (Å²) >= 11 is 0. The number of hydrogen-bond donors (Lipinski definition) is 0. The Bertz CT molecular complexity index is 80.3. The first-order valence-corrected chi connectivity index (χ1v) is 3.09. The van der Waals surface area contributed by atoms with Gasteiger partial charge in [-0.1, -0.05) is 0 Å². The quantitative estimate of drug-likeness (QED) is 0.462. The average molecular weight is 132 g/mol. The molecule has 1 heterocycles. The molecule has 0 saturated carbocycles.